The highest BCUT2D eigenvalue weighted by atomic mass is 16.5. The van der Waals surface area contributed by atoms with Crippen molar-refractivity contribution in [1.82, 2.24) is 77.4 Å². The number of rotatable bonds is 5. The predicted molar refractivity (Wildman–Crippen MR) is 294 cm³/mol. The van der Waals surface area contributed by atoms with E-state index in [1.54, 1.807) is 39.2 Å². The Labute approximate surface area is 447 Å². The number of anilines is 1. The Balaban J connectivity index is 0.000000133. The normalized spacial score (nSPS) is 10.4. The molecule has 0 radical (unpaired) electrons. The lowest BCUT2D eigenvalue weighted by molar-refractivity contribution is -0.114. The molecule has 19 heteroatoms. The summed E-state index contributed by atoms with van der Waals surface area (Å²) in [5, 5.41) is 15.8. The average Bonchev–Trinajstić information content (AvgIpc) is 4.35. The molecule has 0 atom stereocenters. The summed E-state index contributed by atoms with van der Waals surface area (Å²) < 4.78 is 15.7. The second-order valence-corrected chi connectivity index (χ2v) is 17.2. The SMILES string of the molecule is C#Cc1cccn2nc(C#Cc3nc(-c4ccccc4)cn3C)nc12.CC(=O)Nc1ccc(C)n2nc(C#Cc3nc(-c4ccccc4)cn3C)nc12.COc1nccn2nc(C#Cc3nc(-c4ccccc4)cn3C)nc12. The lowest BCUT2D eigenvalue weighted by atomic mass is 10.2. The number of methoxy groups -OCH3 is 1. The highest BCUT2D eigenvalue weighted by Crippen LogP contribution is 2.21. The Morgan fingerprint density at radius 3 is 1.47 bits per heavy atom. The van der Waals surface area contributed by atoms with Gasteiger partial charge in [0.2, 0.25) is 29.0 Å². The molecule has 0 bridgehead atoms. The topological polar surface area (TPSA) is 195 Å². The van der Waals surface area contributed by atoms with Gasteiger partial charge in [-0.05, 0) is 66.7 Å². The third-order valence-corrected chi connectivity index (χ3v) is 11.6. The Morgan fingerprint density at radius 2 is 1.00 bits per heavy atom. The Hall–Kier alpha value is -11.4. The molecular formula is C59H45N17O2. The largest absolute Gasteiger partial charge is 0.478 e. The third-order valence-electron chi connectivity index (χ3n) is 11.6. The van der Waals surface area contributed by atoms with Crippen LogP contribution in [0.2, 0.25) is 0 Å². The van der Waals surface area contributed by atoms with E-state index in [2.05, 4.69) is 96.9 Å². The molecule has 0 unspecified atom stereocenters. The van der Waals surface area contributed by atoms with Gasteiger partial charge in [0.15, 0.2) is 28.8 Å². The number of imidazole rings is 3. The van der Waals surface area contributed by atoms with E-state index in [-0.39, 0.29) is 5.91 Å². The Bertz CT molecular complexity index is 4410. The maximum Gasteiger partial charge on any atom is 0.259 e. The number of nitrogens with zero attached hydrogens (tertiary/aromatic N) is 16. The highest BCUT2D eigenvalue weighted by Gasteiger charge is 2.13. The van der Waals surface area contributed by atoms with E-state index in [1.165, 1.54) is 6.92 Å². The molecule has 9 aromatic heterocycles. The second-order valence-electron chi connectivity index (χ2n) is 17.2. The van der Waals surface area contributed by atoms with Gasteiger partial charge in [-0.3, -0.25) is 4.79 Å². The van der Waals surface area contributed by atoms with Gasteiger partial charge >= 0.3 is 0 Å². The zero-order valence-corrected chi connectivity index (χ0v) is 43.0. The number of ether oxygens (including phenoxy) is 1. The number of fused-ring (bicyclic) bond motifs is 3. The molecule has 0 aliphatic rings. The summed E-state index contributed by atoms with van der Waals surface area (Å²) in [4.78, 5) is 42.5. The summed E-state index contributed by atoms with van der Waals surface area (Å²) in [6.07, 6.45) is 16.4. The van der Waals surface area contributed by atoms with Crippen molar-refractivity contribution < 1.29 is 9.53 Å². The first-order valence-electron chi connectivity index (χ1n) is 24.0. The van der Waals surface area contributed by atoms with Crippen LogP contribution in [0, 0.1) is 54.8 Å². The van der Waals surface area contributed by atoms with Crippen LogP contribution in [0.25, 0.3) is 50.7 Å². The molecule has 12 rings (SSSR count). The zero-order valence-electron chi connectivity index (χ0n) is 43.0. The van der Waals surface area contributed by atoms with Crippen molar-refractivity contribution in [2.45, 2.75) is 13.8 Å². The number of nitrogens with one attached hydrogen (secondary N) is 1. The van der Waals surface area contributed by atoms with Crippen molar-refractivity contribution in [2.75, 3.05) is 12.4 Å². The van der Waals surface area contributed by atoms with E-state index < -0.39 is 0 Å². The van der Waals surface area contributed by atoms with E-state index in [0.29, 0.717) is 69.0 Å². The molecule has 12 aromatic rings. The molecule has 0 spiro atoms. The fourth-order valence-corrected chi connectivity index (χ4v) is 7.81. The van der Waals surface area contributed by atoms with Crippen molar-refractivity contribution >= 4 is 28.5 Å². The van der Waals surface area contributed by atoms with Gasteiger partial charge in [-0.15, -0.1) is 21.7 Å². The van der Waals surface area contributed by atoms with Gasteiger partial charge in [0.05, 0.1) is 35.4 Å². The smallest absolute Gasteiger partial charge is 0.259 e. The van der Waals surface area contributed by atoms with Crippen LogP contribution in [-0.4, -0.2) is 90.4 Å². The van der Waals surface area contributed by atoms with Crippen LogP contribution in [0.15, 0.2) is 152 Å². The Morgan fingerprint density at radius 1 is 0.538 bits per heavy atom. The number of aromatic nitrogens is 16. The maximum absolute atomic E-state index is 11.4. The number of amides is 1. The number of pyridine rings is 2. The minimum absolute atomic E-state index is 0.164. The fraction of sp³-hybridized carbons (Fsp3) is 0.102. The van der Waals surface area contributed by atoms with E-state index in [1.807, 2.05) is 176 Å². The van der Waals surface area contributed by atoms with Gasteiger partial charge in [0.1, 0.15) is 0 Å². The predicted octanol–water partition coefficient (Wildman–Crippen LogP) is 7.24. The monoisotopic (exact) mass is 1020 g/mol. The molecule has 0 aliphatic heterocycles. The first-order chi connectivity index (χ1) is 38.0. The summed E-state index contributed by atoms with van der Waals surface area (Å²) in [5.41, 5.74) is 9.64. The number of carbonyl (C=O) groups is 1. The minimum atomic E-state index is -0.164. The van der Waals surface area contributed by atoms with Gasteiger partial charge in [-0.2, -0.15) is 15.0 Å². The van der Waals surface area contributed by atoms with Crippen LogP contribution < -0.4 is 10.1 Å². The molecule has 378 valence electrons. The number of hydrogen-bond acceptors (Lipinski definition) is 12. The molecule has 0 fully saturated rings. The molecule has 0 saturated carbocycles. The van der Waals surface area contributed by atoms with Crippen LogP contribution in [0.3, 0.4) is 0 Å². The Kier molecular flexibility index (Phi) is 14.4. The summed E-state index contributed by atoms with van der Waals surface area (Å²) >= 11 is 0. The molecule has 9 heterocycles. The van der Waals surface area contributed by atoms with Crippen LogP contribution >= 0.6 is 0 Å². The number of carbonyl (C=O) groups excluding carboxylic acids is 1. The van der Waals surface area contributed by atoms with E-state index in [9.17, 15) is 4.79 Å². The van der Waals surface area contributed by atoms with Crippen molar-refractivity contribution in [3.8, 4) is 87.5 Å². The number of benzene rings is 3. The molecule has 19 nitrogen and oxygen atoms in total. The minimum Gasteiger partial charge on any atom is -0.478 e. The van der Waals surface area contributed by atoms with Gasteiger partial charge in [-0.1, -0.05) is 96.9 Å². The average molecular weight is 1020 g/mol. The summed E-state index contributed by atoms with van der Waals surface area (Å²) in [6.45, 7) is 3.38. The summed E-state index contributed by atoms with van der Waals surface area (Å²) in [6, 6.07) is 37.2. The van der Waals surface area contributed by atoms with E-state index >= 15 is 0 Å². The van der Waals surface area contributed by atoms with Gasteiger partial charge < -0.3 is 23.8 Å². The van der Waals surface area contributed by atoms with Crippen LogP contribution in [-0.2, 0) is 25.9 Å². The molecule has 3 aromatic carbocycles. The third kappa shape index (κ3) is 11.2. The van der Waals surface area contributed by atoms with Crippen LogP contribution in [0.1, 0.15) is 53.1 Å². The zero-order chi connectivity index (χ0) is 54.1. The second kappa shape index (κ2) is 22.4. The molecular weight excluding hydrogens is 979 g/mol. The van der Waals surface area contributed by atoms with Crippen molar-refractivity contribution in [3.05, 3.63) is 199 Å². The number of aryl methyl sites for hydroxylation is 4. The van der Waals surface area contributed by atoms with E-state index in [4.69, 9.17) is 11.2 Å². The molecule has 1 N–H and O–H groups in total. The standard InChI is InChI=1S/C21H18N6O.C20H13N5.C18H14N6O/c1-14-9-10-17(22-15(2)28)21-24-19(25-27(14)21)11-12-20-23-18(13-26(20)3)16-7-5-4-6-8-16;1-3-15-10-7-13-25-20(15)22-18(23-25)11-12-19-21-17(14-24(19)2)16-8-5-4-6-9-16;1-23-12-14(13-6-4-3-5-7-13)20-16(23)9-8-15-21-17-18(25-2)19-10-11-24(17)22-15/h4-10,13H,1-3H3,(H,22,28);1,4-10,13-14H,2H3;3-7,10-12H,1-2H3. The van der Waals surface area contributed by atoms with Crippen LogP contribution in [0.4, 0.5) is 5.69 Å². The number of terminal acetylenes is 1. The first-order valence-corrected chi connectivity index (χ1v) is 24.0. The fourth-order valence-electron chi connectivity index (χ4n) is 7.81. The van der Waals surface area contributed by atoms with E-state index in [0.717, 1.165) is 39.5 Å². The van der Waals surface area contributed by atoms with Crippen molar-refractivity contribution in [2.24, 2.45) is 21.1 Å². The maximum atomic E-state index is 11.4. The molecule has 78 heavy (non-hydrogen) atoms. The quantitative estimate of drug-likeness (QED) is 0.170. The lowest BCUT2D eigenvalue weighted by Crippen LogP contribution is -2.08. The van der Waals surface area contributed by atoms with Gasteiger partial charge in [0.25, 0.3) is 5.88 Å². The van der Waals surface area contributed by atoms with Crippen molar-refractivity contribution in [1.29, 1.82) is 0 Å². The summed E-state index contributed by atoms with van der Waals surface area (Å²) in [5.74, 6) is 23.9. The van der Waals surface area contributed by atoms with Gasteiger partial charge in [-0.25, -0.2) is 33.5 Å². The highest BCUT2D eigenvalue weighted by molar-refractivity contribution is 5.92. The van der Waals surface area contributed by atoms with Crippen LogP contribution in [0.5, 0.6) is 5.88 Å². The van der Waals surface area contributed by atoms with Gasteiger partial charge in [0, 0.05) is 87.6 Å². The van der Waals surface area contributed by atoms with Crippen molar-refractivity contribution in [3.63, 3.8) is 0 Å². The number of hydrogen-bond donors (Lipinski definition) is 1. The molecule has 0 saturated heterocycles. The molecule has 1 amide bonds. The first kappa shape index (κ1) is 50.1. The molecule has 0 aliphatic carbocycles. The summed E-state index contributed by atoms with van der Waals surface area (Å²) in [7, 11) is 7.27. The lowest BCUT2D eigenvalue weighted by Gasteiger charge is -2.04.